The molecule has 1 aromatic heterocycles. The average Bonchev–Trinajstić information content (AvgIpc) is 3.01. The lowest BCUT2D eigenvalue weighted by atomic mass is 10.2. The van der Waals surface area contributed by atoms with Gasteiger partial charge in [0.1, 0.15) is 17.2 Å². The molecule has 0 aliphatic heterocycles. The molecule has 9 heteroatoms. The van der Waals surface area contributed by atoms with Crippen LogP contribution in [-0.4, -0.2) is 27.7 Å². The third-order valence-corrected chi connectivity index (χ3v) is 4.13. The number of hydrogen-bond donors (Lipinski definition) is 1. The van der Waals surface area contributed by atoms with Crippen LogP contribution in [0.15, 0.2) is 48.7 Å². The van der Waals surface area contributed by atoms with Gasteiger partial charge in [-0.15, -0.1) is 0 Å². The van der Waals surface area contributed by atoms with Crippen LogP contribution in [-0.2, 0) is 7.05 Å². The highest BCUT2D eigenvalue weighted by molar-refractivity contribution is 6.05. The number of aromatic nitrogens is 2. The van der Waals surface area contributed by atoms with Crippen molar-refractivity contribution >= 4 is 17.3 Å². The summed E-state index contributed by atoms with van der Waals surface area (Å²) in [5.41, 5.74) is 1.10. The summed E-state index contributed by atoms with van der Waals surface area (Å²) in [4.78, 5) is 23.2. The van der Waals surface area contributed by atoms with E-state index in [1.807, 2.05) is 0 Å². The first-order valence-corrected chi connectivity index (χ1v) is 8.28. The fourth-order valence-corrected chi connectivity index (χ4v) is 2.52. The zero-order valence-electron chi connectivity index (χ0n) is 15.5. The Morgan fingerprint density at radius 3 is 2.39 bits per heavy atom. The molecule has 0 saturated carbocycles. The molecule has 9 nitrogen and oxygen atoms in total. The molecule has 0 radical (unpaired) electrons. The van der Waals surface area contributed by atoms with Crippen LogP contribution in [0.5, 0.6) is 17.2 Å². The molecule has 3 aromatic rings. The lowest BCUT2D eigenvalue weighted by molar-refractivity contribution is -0.384. The van der Waals surface area contributed by atoms with Gasteiger partial charge in [-0.2, -0.15) is 5.10 Å². The van der Waals surface area contributed by atoms with E-state index in [1.165, 1.54) is 24.4 Å². The van der Waals surface area contributed by atoms with E-state index in [0.717, 1.165) is 0 Å². The Hall–Kier alpha value is -3.88. The van der Waals surface area contributed by atoms with Crippen LogP contribution >= 0.6 is 0 Å². The van der Waals surface area contributed by atoms with Gasteiger partial charge in [-0.1, -0.05) is 0 Å². The summed E-state index contributed by atoms with van der Waals surface area (Å²) in [7, 11) is 3.27. The predicted molar refractivity (Wildman–Crippen MR) is 102 cm³/mol. The number of methoxy groups -OCH3 is 1. The first-order chi connectivity index (χ1) is 13.4. The molecule has 1 amide bonds. The van der Waals surface area contributed by atoms with E-state index in [9.17, 15) is 14.9 Å². The van der Waals surface area contributed by atoms with Gasteiger partial charge in [-0.05, 0) is 31.2 Å². The van der Waals surface area contributed by atoms with Crippen molar-refractivity contribution in [1.29, 1.82) is 0 Å². The third-order valence-electron chi connectivity index (χ3n) is 4.13. The fraction of sp³-hybridized carbons (Fsp3) is 0.158. The third kappa shape index (κ3) is 4.09. The Morgan fingerprint density at radius 1 is 1.14 bits per heavy atom. The first-order valence-electron chi connectivity index (χ1n) is 8.28. The lowest BCUT2D eigenvalue weighted by Gasteiger charge is -2.10. The largest absolute Gasteiger partial charge is 0.497 e. The monoisotopic (exact) mass is 382 g/mol. The summed E-state index contributed by atoms with van der Waals surface area (Å²) in [6, 6.07) is 10.8. The number of benzene rings is 2. The van der Waals surface area contributed by atoms with Crippen LogP contribution in [0.3, 0.4) is 0 Å². The number of ether oxygens (including phenoxy) is 2. The van der Waals surface area contributed by atoms with Gasteiger partial charge >= 0.3 is 0 Å². The number of aryl methyl sites for hydroxylation is 1. The van der Waals surface area contributed by atoms with Crippen molar-refractivity contribution in [3.05, 3.63) is 70.0 Å². The number of hydrogen-bond acceptors (Lipinski definition) is 6. The molecule has 2 aromatic carbocycles. The Kier molecular flexibility index (Phi) is 5.25. The molecule has 0 aliphatic rings. The van der Waals surface area contributed by atoms with E-state index in [1.54, 1.807) is 50.0 Å². The summed E-state index contributed by atoms with van der Waals surface area (Å²) < 4.78 is 12.4. The van der Waals surface area contributed by atoms with Crippen molar-refractivity contribution in [2.45, 2.75) is 6.92 Å². The number of nitro groups is 1. The van der Waals surface area contributed by atoms with E-state index < -0.39 is 10.8 Å². The summed E-state index contributed by atoms with van der Waals surface area (Å²) in [5.74, 6) is 0.937. The van der Waals surface area contributed by atoms with E-state index >= 15 is 0 Å². The van der Waals surface area contributed by atoms with Crippen molar-refractivity contribution in [3.63, 3.8) is 0 Å². The second-order valence-electron chi connectivity index (χ2n) is 5.97. The van der Waals surface area contributed by atoms with Crippen LogP contribution < -0.4 is 14.8 Å². The smallest absolute Gasteiger partial charge is 0.275 e. The van der Waals surface area contributed by atoms with Gasteiger partial charge in [-0.3, -0.25) is 19.6 Å². The van der Waals surface area contributed by atoms with Gasteiger partial charge in [0.2, 0.25) is 0 Å². The van der Waals surface area contributed by atoms with Crippen LogP contribution in [0.4, 0.5) is 11.4 Å². The molecule has 144 valence electrons. The van der Waals surface area contributed by atoms with Gasteiger partial charge < -0.3 is 14.8 Å². The summed E-state index contributed by atoms with van der Waals surface area (Å²) in [6.07, 6.45) is 1.44. The Morgan fingerprint density at radius 2 is 1.82 bits per heavy atom. The minimum absolute atomic E-state index is 0.204. The van der Waals surface area contributed by atoms with E-state index in [2.05, 4.69) is 10.4 Å². The van der Waals surface area contributed by atoms with Crippen molar-refractivity contribution in [2.75, 3.05) is 12.4 Å². The molecule has 3 rings (SSSR count). The number of amides is 1. The Labute approximate surface area is 160 Å². The zero-order chi connectivity index (χ0) is 20.3. The summed E-state index contributed by atoms with van der Waals surface area (Å²) >= 11 is 0. The molecule has 1 N–H and O–H groups in total. The minimum Gasteiger partial charge on any atom is -0.497 e. The maximum absolute atomic E-state index is 12.5. The molecule has 1 heterocycles. The maximum Gasteiger partial charge on any atom is 0.275 e. The Balaban J connectivity index is 1.87. The predicted octanol–water partition coefficient (Wildman–Crippen LogP) is 3.69. The van der Waals surface area contributed by atoms with E-state index in [0.29, 0.717) is 22.8 Å². The lowest BCUT2D eigenvalue weighted by Crippen LogP contribution is -2.13. The molecule has 0 aliphatic carbocycles. The number of anilines is 1. The summed E-state index contributed by atoms with van der Waals surface area (Å²) in [6.45, 7) is 1.76. The molecule has 0 spiro atoms. The molecule has 0 unspecified atom stereocenters. The maximum atomic E-state index is 12.5. The van der Waals surface area contributed by atoms with Crippen LogP contribution in [0.1, 0.15) is 16.1 Å². The first kappa shape index (κ1) is 18.9. The Bertz CT molecular complexity index is 1030. The molecular formula is C19H18N4O5. The number of rotatable bonds is 6. The van der Waals surface area contributed by atoms with Crippen molar-refractivity contribution in [2.24, 2.45) is 7.05 Å². The van der Waals surface area contributed by atoms with E-state index in [-0.39, 0.29) is 17.1 Å². The minimum atomic E-state index is -0.550. The molecular weight excluding hydrogens is 364 g/mol. The number of carbonyl (C=O) groups is 1. The highest BCUT2D eigenvalue weighted by Gasteiger charge is 2.16. The van der Waals surface area contributed by atoms with Crippen LogP contribution in [0, 0.1) is 17.0 Å². The van der Waals surface area contributed by atoms with Crippen LogP contribution in [0.25, 0.3) is 0 Å². The number of nitrogens with one attached hydrogen (secondary N) is 1. The molecule has 0 saturated heterocycles. The van der Waals surface area contributed by atoms with Gasteiger partial charge in [0.05, 0.1) is 35.5 Å². The van der Waals surface area contributed by atoms with Crippen molar-refractivity contribution < 1.29 is 19.2 Å². The molecule has 0 atom stereocenters. The topological polar surface area (TPSA) is 109 Å². The molecule has 0 fully saturated rings. The van der Waals surface area contributed by atoms with Crippen LogP contribution in [0.2, 0.25) is 0 Å². The van der Waals surface area contributed by atoms with Crippen molar-refractivity contribution in [3.8, 4) is 17.2 Å². The number of non-ortho nitro benzene ring substituents is 1. The van der Waals surface area contributed by atoms with Crippen molar-refractivity contribution in [1.82, 2.24) is 9.78 Å². The second kappa shape index (κ2) is 7.78. The number of nitrogens with zero attached hydrogens (tertiary/aromatic N) is 3. The highest BCUT2D eigenvalue weighted by atomic mass is 16.6. The number of nitro benzene ring substituents is 1. The zero-order valence-corrected chi connectivity index (χ0v) is 15.5. The van der Waals surface area contributed by atoms with Gasteiger partial charge in [0, 0.05) is 24.9 Å². The van der Waals surface area contributed by atoms with Gasteiger partial charge in [0.25, 0.3) is 11.6 Å². The SMILES string of the molecule is COc1ccc(Oc2cc(NC(=O)c3cnn(C)c3C)cc([N+](=O)[O-])c2)cc1. The van der Waals surface area contributed by atoms with Gasteiger partial charge in [-0.25, -0.2) is 0 Å². The highest BCUT2D eigenvalue weighted by Crippen LogP contribution is 2.30. The molecule has 0 bridgehead atoms. The second-order valence-corrected chi connectivity index (χ2v) is 5.97. The normalized spacial score (nSPS) is 10.4. The summed E-state index contributed by atoms with van der Waals surface area (Å²) in [5, 5.41) is 17.9. The average molecular weight is 382 g/mol. The van der Waals surface area contributed by atoms with E-state index in [4.69, 9.17) is 9.47 Å². The fourth-order valence-electron chi connectivity index (χ4n) is 2.52. The quantitative estimate of drug-likeness (QED) is 0.514. The number of carbonyl (C=O) groups excluding carboxylic acids is 1. The molecule has 28 heavy (non-hydrogen) atoms. The standard InChI is InChI=1S/C19H18N4O5/c1-12-18(11-20-22(12)2)19(24)21-13-8-14(23(25)26)10-17(9-13)28-16-6-4-15(27-3)5-7-16/h4-11H,1-3H3,(H,21,24). The van der Waals surface area contributed by atoms with Gasteiger partial charge in [0.15, 0.2) is 0 Å².